The second-order valence-electron chi connectivity index (χ2n) is 8.48. The highest BCUT2D eigenvalue weighted by Crippen LogP contribution is 2.25. The maximum Gasteiger partial charge on any atom is 0.258 e. The topological polar surface area (TPSA) is 61.8 Å². The lowest BCUT2D eigenvalue weighted by Gasteiger charge is -2.30. The zero-order valence-corrected chi connectivity index (χ0v) is 17.6. The molecular formula is C25H32N2O3. The number of aliphatic hydroxyl groups is 1. The summed E-state index contributed by atoms with van der Waals surface area (Å²) < 4.78 is 5.74. The van der Waals surface area contributed by atoms with Crippen LogP contribution < -0.4 is 10.1 Å². The van der Waals surface area contributed by atoms with Crippen LogP contribution in [0.3, 0.4) is 0 Å². The Morgan fingerprint density at radius 3 is 2.57 bits per heavy atom. The number of nitrogens with zero attached hydrogens (tertiary/aromatic N) is 1. The largest absolute Gasteiger partial charge is 0.484 e. The second-order valence-corrected chi connectivity index (χ2v) is 8.48. The first-order valence-corrected chi connectivity index (χ1v) is 11.2. The van der Waals surface area contributed by atoms with Crippen LogP contribution >= 0.6 is 0 Å². The molecule has 0 aromatic heterocycles. The van der Waals surface area contributed by atoms with Gasteiger partial charge < -0.3 is 15.2 Å². The number of aryl methyl sites for hydroxylation is 2. The van der Waals surface area contributed by atoms with Crippen molar-refractivity contribution in [3.8, 4) is 5.75 Å². The molecule has 0 spiro atoms. The van der Waals surface area contributed by atoms with Crippen molar-refractivity contribution in [2.75, 3.05) is 19.7 Å². The number of hydrogen-bond donors (Lipinski definition) is 2. The molecule has 0 atom stereocenters. The van der Waals surface area contributed by atoms with Crippen LogP contribution in [0.4, 0.5) is 0 Å². The van der Waals surface area contributed by atoms with Crippen LogP contribution in [0.25, 0.3) is 0 Å². The van der Waals surface area contributed by atoms with Gasteiger partial charge in [0.25, 0.3) is 5.91 Å². The summed E-state index contributed by atoms with van der Waals surface area (Å²) in [7, 11) is 0. The van der Waals surface area contributed by atoms with Gasteiger partial charge in [-0.3, -0.25) is 9.69 Å². The van der Waals surface area contributed by atoms with Gasteiger partial charge in [-0.2, -0.15) is 0 Å². The number of hydrogen-bond acceptors (Lipinski definition) is 4. The molecule has 1 amide bonds. The summed E-state index contributed by atoms with van der Waals surface area (Å²) in [5.74, 6) is 0.669. The maximum absolute atomic E-state index is 12.3. The first-order chi connectivity index (χ1) is 14.7. The lowest BCUT2D eigenvalue weighted by molar-refractivity contribution is -0.123. The third kappa shape index (κ3) is 5.61. The van der Waals surface area contributed by atoms with Crippen molar-refractivity contribution in [2.24, 2.45) is 0 Å². The van der Waals surface area contributed by atoms with E-state index in [9.17, 15) is 9.90 Å². The van der Waals surface area contributed by atoms with E-state index in [4.69, 9.17) is 4.74 Å². The number of rotatable bonds is 7. The Morgan fingerprint density at radius 1 is 1.03 bits per heavy atom. The molecule has 1 heterocycles. The number of piperidine rings is 1. The van der Waals surface area contributed by atoms with Gasteiger partial charge in [0.15, 0.2) is 6.61 Å². The fourth-order valence-corrected chi connectivity index (χ4v) is 4.40. The first-order valence-electron chi connectivity index (χ1n) is 11.2. The van der Waals surface area contributed by atoms with Crippen LogP contribution in [0.15, 0.2) is 42.5 Å². The molecule has 1 fully saturated rings. The van der Waals surface area contributed by atoms with Crippen LogP contribution in [0.1, 0.15) is 47.9 Å². The Morgan fingerprint density at radius 2 is 1.77 bits per heavy atom. The molecule has 4 rings (SSSR count). The molecule has 0 bridgehead atoms. The quantitative estimate of drug-likeness (QED) is 0.739. The predicted octanol–water partition coefficient (Wildman–Crippen LogP) is 3.22. The summed E-state index contributed by atoms with van der Waals surface area (Å²) in [6, 6.07) is 14.4. The number of likely N-dealkylation sites (tertiary alicyclic amines) is 1. The number of fused-ring (bicyclic) bond motifs is 1. The molecule has 5 nitrogen and oxygen atoms in total. The average Bonchev–Trinajstić information content (AvgIpc) is 2.78. The van der Waals surface area contributed by atoms with Gasteiger partial charge in [0.1, 0.15) is 5.75 Å². The van der Waals surface area contributed by atoms with Crippen molar-refractivity contribution in [1.82, 2.24) is 10.2 Å². The number of carbonyl (C=O) groups excluding carboxylic acids is 1. The molecule has 2 aromatic rings. The van der Waals surface area contributed by atoms with Crippen LogP contribution in [-0.4, -0.2) is 41.7 Å². The van der Waals surface area contributed by atoms with E-state index in [2.05, 4.69) is 34.5 Å². The molecule has 2 aliphatic rings. The van der Waals surface area contributed by atoms with Gasteiger partial charge in [-0.15, -0.1) is 0 Å². The van der Waals surface area contributed by atoms with E-state index >= 15 is 0 Å². The summed E-state index contributed by atoms with van der Waals surface area (Å²) >= 11 is 0. The molecule has 0 saturated carbocycles. The Balaban J connectivity index is 1.27. The van der Waals surface area contributed by atoms with Gasteiger partial charge >= 0.3 is 0 Å². The van der Waals surface area contributed by atoms with E-state index in [1.54, 1.807) is 0 Å². The van der Waals surface area contributed by atoms with Crippen LogP contribution in [0.5, 0.6) is 5.75 Å². The molecule has 30 heavy (non-hydrogen) atoms. The van der Waals surface area contributed by atoms with Crippen molar-refractivity contribution >= 4 is 5.91 Å². The molecule has 1 aliphatic carbocycles. The van der Waals surface area contributed by atoms with Crippen LogP contribution in [-0.2, 0) is 30.7 Å². The summed E-state index contributed by atoms with van der Waals surface area (Å²) in [5, 5.41) is 12.7. The van der Waals surface area contributed by atoms with E-state index in [1.165, 1.54) is 29.5 Å². The van der Waals surface area contributed by atoms with Gasteiger partial charge in [0, 0.05) is 26.2 Å². The van der Waals surface area contributed by atoms with Crippen molar-refractivity contribution in [3.05, 3.63) is 64.7 Å². The molecule has 0 unspecified atom stereocenters. The van der Waals surface area contributed by atoms with E-state index in [0.717, 1.165) is 56.6 Å². The molecular weight excluding hydrogens is 376 g/mol. The van der Waals surface area contributed by atoms with Crippen LogP contribution in [0.2, 0.25) is 0 Å². The van der Waals surface area contributed by atoms with Crippen molar-refractivity contribution in [1.29, 1.82) is 0 Å². The molecule has 2 N–H and O–H groups in total. The summed E-state index contributed by atoms with van der Waals surface area (Å²) in [4.78, 5) is 14.7. The van der Waals surface area contributed by atoms with E-state index in [0.29, 0.717) is 6.54 Å². The maximum atomic E-state index is 12.3. The highest BCUT2D eigenvalue weighted by Gasteiger charge is 2.18. The number of amides is 1. The lowest BCUT2D eigenvalue weighted by atomic mass is 9.92. The SMILES string of the molecule is O=C(COc1ccc2c(c1)CCCC2)NCc1ccccc1CN1CCC(O)CC1. The number of benzene rings is 2. The zero-order valence-electron chi connectivity index (χ0n) is 17.6. The number of carbonyl (C=O) groups is 1. The van der Waals surface area contributed by atoms with Gasteiger partial charge in [-0.25, -0.2) is 0 Å². The van der Waals surface area contributed by atoms with E-state index in [1.807, 2.05) is 18.2 Å². The Hall–Kier alpha value is -2.37. The summed E-state index contributed by atoms with van der Waals surface area (Å²) in [5.41, 5.74) is 5.13. The minimum atomic E-state index is -0.161. The van der Waals surface area contributed by atoms with Gasteiger partial charge in [0.2, 0.25) is 0 Å². The first kappa shape index (κ1) is 20.9. The van der Waals surface area contributed by atoms with Crippen LogP contribution in [0, 0.1) is 0 Å². The van der Waals surface area contributed by atoms with Gasteiger partial charge in [-0.1, -0.05) is 30.3 Å². The highest BCUT2D eigenvalue weighted by molar-refractivity contribution is 5.77. The Bertz CT molecular complexity index is 859. The average molecular weight is 409 g/mol. The summed E-state index contributed by atoms with van der Waals surface area (Å²) in [6.45, 7) is 3.21. The van der Waals surface area contributed by atoms with Gasteiger partial charge in [0.05, 0.1) is 6.10 Å². The molecule has 2 aromatic carbocycles. The fraction of sp³-hybridized carbons (Fsp3) is 0.480. The molecule has 160 valence electrons. The molecule has 1 aliphatic heterocycles. The Labute approximate surface area is 179 Å². The number of aliphatic hydroxyl groups excluding tert-OH is 1. The smallest absolute Gasteiger partial charge is 0.258 e. The van der Waals surface area contributed by atoms with E-state index < -0.39 is 0 Å². The lowest BCUT2D eigenvalue weighted by Crippen LogP contribution is -2.35. The summed E-state index contributed by atoms with van der Waals surface area (Å²) in [6.07, 6.45) is 6.24. The predicted molar refractivity (Wildman–Crippen MR) is 117 cm³/mol. The zero-order chi connectivity index (χ0) is 20.8. The second kappa shape index (κ2) is 10.1. The molecule has 5 heteroatoms. The minimum Gasteiger partial charge on any atom is -0.484 e. The standard InChI is InChI=1S/C25H32N2O3/c28-23-11-13-27(14-12-23)17-22-8-4-3-7-21(22)16-26-25(29)18-30-24-10-9-19-5-1-2-6-20(19)15-24/h3-4,7-10,15,23,28H,1-2,5-6,11-14,16-18H2,(H,26,29). The molecule has 1 saturated heterocycles. The van der Waals surface area contributed by atoms with E-state index in [-0.39, 0.29) is 18.6 Å². The third-order valence-electron chi connectivity index (χ3n) is 6.24. The third-order valence-corrected chi connectivity index (χ3v) is 6.24. The number of ether oxygens (including phenoxy) is 1. The van der Waals surface area contributed by atoms with Crippen molar-refractivity contribution in [3.63, 3.8) is 0 Å². The minimum absolute atomic E-state index is 0.0327. The van der Waals surface area contributed by atoms with Crippen molar-refractivity contribution < 1.29 is 14.6 Å². The fourth-order valence-electron chi connectivity index (χ4n) is 4.40. The Kier molecular flexibility index (Phi) is 7.03. The normalized spacial score (nSPS) is 17.4. The molecule has 0 radical (unpaired) electrons. The highest BCUT2D eigenvalue weighted by atomic mass is 16.5. The van der Waals surface area contributed by atoms with Crippen molar-refractivity contribution in [2.45, 2.75) is 57.7 Å². The van der Waals surface area contributed by atoms with Gasteiger partial charge in [-0.05, 0) is 72.9 Å². The number of nitrogens with one attached hydrogen (secondary N) is 1. The monoisotopic (exact) mass is 408 g/mol.